The third kappa shape index (κ3) is 4.41. The molecule has 1 heterocycles. The quantitative estimate of drug-likeness (QED) is 0.872. The van der Waals surface area contributed by atoms with Crippen LogP contribution in [0.15, 0.2) is 28.8 Å². The standard InChI is InChI=1S/C17H21N3O4/c1-10(14-19-16(20-24-14)17(2,3)4)18-13(21)9-11-6-5-7-12(8-11)15(22)23/h5-8,10H,9H2,1-4H3,(H,18,21)(H,22,23). The van der Waals surface area contributed by atoms with Gasteiger partial charge in [0.05, 0.1) is 12.0 Å². The summed E-state index contributed by atoms with van der Waals surface area (Å²) >= 11 is 0. The number of carbonyl (C=O) groups excluding carboxylic acids is 1. The molecule has 0 radical (unpaired) electrons. The number of carbonyl (C=O) groups is 2. The van der Waals surface area contributed by atoms with Gasteiger partial charge < -0.3 is 14.9 Å². The zero-order valence-electron chi connectivity index (χ0n) is 14.2. The van der Waals surface area contributed by atoms with E-state index in [1.165, 1.54) is 12.1 Å². The molecule has 128 valence electrons. The molecule has 7 heteroatoms. The van der Waals surface area contributed by atoms with Crippen molar-refractivity contribution < 1.29 is 19.2 Å². The number of hydrogen-bond donors (Lipinski definition) is 2. The molecule has 2 rings (SSSR count). The molecule has 1 unspecified atom stereocenters. The maximum absolute atomic E-state index is 12.1. The molecule has 0 spiro atoms. The average Bonchev–Trinajstić information content (AvgIpc) is 2.97. The molecular formula is C17H21N3O4. The number of nitrogens with one attached hydrogen (secondary N) is 1. The lowest BCUT2D eigenvalue weighted by Gasteiger charge is -2.12. The molecule has 1 atom stereocenters. The van der Waals surface area contributed by atoms with E-state index in [4.69, 9.17) is 9.63 Å². The number of aromatic carboxylic acids is 1. The minimum atomic E-state index is -1.02. The second kappa shape index (κ2) is 6.82. The molecule has 0 aliphatic rings. The first-order chi connectivity index (χ1) is 11.2. The molecule has 2 N–H and O–H groups in total. The molecule has 24 heavy (non-hydrogen) atoms. The first-order valence-corrected chi connectivity index (χ1v) is 7.62. The maximum atomic E-state index is 12.1. The highest BCUT2D eigenvalue weighted by Gasteiger charge is 2.23. The van der Waals surface area contributed by atoms with Gasteiger partial charge in [0.1, 0.15) is 6.04 Å². The molecule has 0 fully saturated rings. The normalized spacial score (nSPS) is 12.7. The Balaban J connectivity index is 2.00. The van der Waals surface area contributed by atoms with Gasteiger partial charge in [-0.2, -0.15) is 4.98 Å². The lowest BCUT2D eigenvalue weighted by atomic mass is 9.96. The van der Waals surface area contributed by atoms with Crippen molar-refractivity contribution >= 4 is 11.9 Å². The van der Waals surface area contributed by atoms with Crippen molar-refractivity contribution in [1.29, 1.82) is 0 Å². The predicted octanol–water partition coefficient (Wildman–Crippen LogP) is 2.49. The number of rotatable bonds is 5. The second-order valence-electron chi connectivity index (χ2n) is 6.68. The monoisotopic (exact) mass is 331 g/mol. The SMILES string of the molecule is CC(NC(=O)Cc1cccc(C(=O)O)c1)c1nc(C(C)(C)C)no1. The van der Waals surface area contributed by atoms with E-state index in [9.17, 15) is 9.59 Å². The molecule has 0 saturated carbocycles. The fraction of sp³-hybridized carbons (Fsp3) is 0.412. The Morgan fingerprint density at radius 1 is 1.33 bits per heavy atom. The summed E-state index contributed by atoms with van der Waals surface area (Å²) in [5, 5.41) is 15.7. The number of carboxylic acid groups (broad SMARTS) is 1. The molecule has 0 aliphatic heterocycles. The third-order valence-corrected chi connectivity index (χ3v) is 3.40. The number of aromatic nitrogens is 2. The Morgan fingerprint density at radius 2 is 2.04 bits per heavy atom. The van der Waals surface area contributed by atoms with Crippen molar-refractivity contribution in [3.05, 3.63) is 47.1 Å². The Morgan fingerprint density at radius 3 is 2.62 bits per heavy atom. The van der Waals surface area contributed by atoms with Gasteiger partial charge in [0.25, 0.3) is 0 Å². The Kier molecular flexibility index (Phi) is 5.02. The van der Waals surface area contributed by atoms with Gasteiger partial charge in [0, 0.05) is 5.41 Å². The van der Waals surface area contributed by atoms with Crippen molar-refractivity contribution in [3.8, 4) is 0 Å². The van der Waals surface area contributed by atoms with Gasteiger partial charge in [-0.1, -0.05) is 38.1 Å². The molecule has 2 aromatic rings. The topological polar surface area (TPSA) is 105 Å². The number of hydrogen-bond acceptors (Lipinski definition) is 5. The van der Waals surface area contributed by atoms with Gasteiger partial charge >= 0.3 is 5.97 Å². The first-order valence-electron chi connectivity index (χ1n) is 7.62. The van der Waals surface area contributed by atoms with Crippen LogP contribution in [0.2, 0.25) is 0 Å². The predicted molar refractivity (Wildman–Crippen MR) is 86.7 cm³/mol. The largest absolute Gasteiger partial charge is 0.478 e. The molecule has 0 aliphatic carbocycles. The summed E-state index contributed by atoms with van der Waals surface area (Å²) in [6.45, 7) is 7.67. The lowest BCUT2D eigenvalue weighted by molar-refractivity contribution is -0.121. The summed E-state index contributed by atoms with van der Waals surface area (Å²) in [6.07, 6.45) is 0.0751. The highest BCUT2D eigenvalue weighted by molar-refractivity contribution is 5.88. The Labute approximate surface area is 140 Å². The Bertz CT molecular complexity index is 746. The number of benzene rings is 1. The zero-order valence-corrected chi connectivity index (χ0v) is 14.2. The van der Waals surface area contributed by atoms with Crippen LogP contribution in [0.25, 0.3) is 0 Å². The van der Waals surface area contributed by atoms with Crippen LogP contribution in [0.3, 0.4) is 0 Å². The van der Waals surface area contributed by atoms with Crippen LogP contribution >= 0.6 is 0 Å². The second-order valence-corrected chi connectivity index (χ2v) is 6.68. The van der Waals surface area contributed by atoms with Gasteiger partial charge in [-0.3, -0.25) is 4.79 Å². The van der Waals surface area contributed by atoms with E-state index in [0.29, 0.717) is 17.3 Å². The fourth-order valence-corrected chi connectivity index (χ4v) is 2.07. The maximum Gasteiger partial charge on any atom is 0.335 e. The van der Waals surface area contributed by atoms with Crippen molar-refractivity contribution in [3.63, 3.8) is 0 Å². The van der Waals surface area contributed by atoms with Crippen LogP contribution in [0.1, 0.15) is 61.4 Å². The summed E-state index contributed by atoms with van der Waals surface area (Å²) < 4.78 is 5.20. The smallest absolute Gasteiger partial charge is 0.335 e. The highest BCUT2D eigenvalue weighted by Crippen LogP contribution is 2.20. The molecule has 7 nitrogen and oxygen atoms in total. The van der Waals surface area contributed by atoms with E-state index in [0.717, 1.165) is 0 Å². The third-order valence-electron chi connectivity index (χ3n) is 3.40. The average molecular weight is 331 g/mol. The van der Waals surface area contributed by atoms with Crippen LogP contribution < -0.4 is 5.32 Å². The van der Waals surface area contributed by atoms with Crippen LogP contribution in [0, 0.1) is 0 Å². The summed E-state index contributed by atoms with van der Waals surface area (Å²) in [4.78, 5) is 27.4. The summed E-state index contributed by atoms with van der Waals surface area (Å²) in [5.74, 6) is -0.355. The van der Waals surface area contributed by atoms with Crippen molar-refractivity contribution in [2.24, 2.45) is 0 Å². The van der Waals surface area contributed by atoms with Crippen LogP contribution in [-0.2, 0) is 16.6 Å². The zero-order chi connectivity index (χ0) is 17.9. The minimum absolute atomic E-state index is 0.0751. The van der Waals surface area contributed by atoms with E-state index in [2.05, 4.69) is 15.5 Å². The van der Waals surface area contributed by atoms with E-state index in [1.54, 1.807) is 19.1 Å². The summed E-state index contributed by atoms with van der Waals surface area (Å²) in [7, 11) is 0. The van der Waals surface area contributed by atoms with Crippen molar-refractivity contribution in [1.82, 2.24) is 15.5 Å². The molecule has 0 bridgehead atoms. The number of carboxylic acids is 1. The van der Waals surface area contributed by atoms with Crippen molar-refractivity contribution in [2.75, 3.05) is 0 Å². The summed E-state index contributed by atoms with van der Waals surface area (Å²) in [6, 6.07) is 5.86. The van der Waals surface area contributed by atoms with Crippen molar-refractivity contribution in [2.45, 2.75) is 45.6 Å². The number of nitrogens with zero attached hydrogens (tertiary/aromatic N) is 2. The van der Waals surface area contributed by atoms with Crippen LogP contribution in [0.4, 0.5) is 0 Å². The van der Waals surface area contributed by atoms with Gasteiger partial charge in [-0.05, 0) is 24.6 Å². The number of amides is 1. The van der Waals surface area contributed by atoms with Crippen LogP contribution in [-0.4, -0.2) is 27.1 Å². The first kappa shape index (κ1) is 17.7. The molecular weight excluding hydrogens is 310 g/mol. The van der Waals surface area contributed by atoms with E-state index >= 15 is 0 Å². The Hall–Kier alpha value is -2.70. The molecule has 1 aromatic heterocycles. The molecule has 0 saturated heterocycles. The van der Waals surface area contributed by atoms with E-state index < -0.39 is 12.0 Å². The highest BCUT2D eigenvalue weighted by atomic mass is 16.5. The van der Waals surface area contributed by atoms with Gasteiger partial charge in [-0.15, -0.1) is 0 Å². The van der Waals surface area contributed by atoms with E-state index in [1.807, 2.05) is 20.8 Å². The van der Waals surface area contributed by atoms with Gasteiger partial charge in [0.15, 0.2) is 5.82 Å². The van der Waals surface area contributed by atoms with Crippen LogP contribution in [0.5, 0.6) is 0 Å². The van der Waals surface area contributed by atoms with E-state index in [-0.39, 0.29) is 23.3 Å². The molecule has 1 amide bonds. The fourth-order valence-electron chi connectivity index (χ4n) is 2.07. The lowest BCUT2D eigenvalue weighted by Crippen LogP contribution is -2.28. The minimum Gasteiger partial charge on any atom is -0.478 e. The van der Waals surface area contributed by atoms with Gasteiger partial charge in [-0.25, -0.2) is 4.79 Å². The summed E-state index contributed by atoms with van der Waals surface area (Å²) in [5.41, 5.74) is 0.545. The van der Waals surface area contributed by atoms with Gasteiger partial charge in [0.2, 0.25) is 11.8 Å². The molecule has 1 aromatic carbocycles.